The third-order valence-electron chi connectivity index (χ3n) is 2.29. The van der Waals surface area contributed by atoms with Crippen LogP contribution in [-0.4, -0.2) is 22.8 Å². The summed E-state index contributed by atoms with van der Waals surface area (Å²) in [4.78, 5) is 4.17. The van der Waals surface area contributed by atoms with Gasteiger partial charge < -0.3 is 0 Å². The van der Waals surface area contributed by atoms with E-state index in [9.17, 15) is 0 Å². The first-order valence-electron chi connectivity index (χ1n) is 5.02. The summed E-state index contributed by atoms with van der Waals surface area (Å²) in [5, 5.41) is 6.43. The number of pyridine rings is 1. The van der Waals surface area contributed by atoms with Crippen LogP contribution in [0.2, 0.25) is 0 Å². The summed E-state index contributed by atoms with van der Waals surface area (Å²) >= 11 is 0. The molecule has 0 saturated carbocycles. The Balaban J connectivity index is 2.02. The van der Waals surface area contributed by atoms with Crippen molar-refractivity contribution in [2.45, 2.75) is 26.3 Å². The minimum atomic E-state index is 0.880. The van der Waals surface area contributed by atoms with Crippen molar-refractivity contribution in [3.05, 3.63) is 29.6 Å². The minimum Gasteiger partial charge on any atom is -0.293 e. The molecule has 0 unspecified atom stereocenters. The molecule has 0 saturated heterocycles. The van der Waals surface area contributed by atoms with E-state index in [1.807, 2.05) is 18.6 Å². The highest BCUT2D eigenvalue weighted by Gasteiger charge is 2.05. The van der Waals surface area contributed by atoms with Gasteiger partial charge in [-0.05, 0) is 30.9 Å². The van der Waals surface area contributed by atoms with Crippen molar-refractivity contribution >= 4 is 6.21 Å². The zero-order chi connectivity index (χ0) is 9.80. The largest absolute Gasteiger partial charge is 0.293 e. The molecule has 1 aliphatic rings. The van der Waals surface area contributed by atoms with Gasteiger partial charge in [-0.25, -0.2) is 0 Å². The summed E-state index contributed by atoms with van der Waals surface area (Å²) in [6, 6.07) is 2.16. The monoisotopic (exact) mass is 189 g/mol. The highest BCUT2D eigenvalue weighted by Crippen LogP contribution is 2.09. The van der Waals surface area contributed by atoms with Crippen LogP contribution in [0.1, 0.15) is 24.0 Å². The maximum Gasteiger partial charge on any atom is 0.0625 e. The molecule has 2 heterocycles. The molecule has 0 aliphatic carbocycles. The molecule has 2 rings (SSSR count). The number of rotatable bonds is 2. The lowest BCUT2D eigenvalue weighted by molar-refractivity contribution is 0.267. The predicted octanol–water partition coefficient (Wildman–Crippen LogP) is 1.97. The van der Waals surface area contributed by atoms with E-state index in [1.165, 1.54) is 17.5 Å². The molecule has 14 heavy (non-hydrogen) atoms. The maximum absolute atomic E-state index is 4.33. The second-order valence-electron chi connectivity index (χ2n) is 3.70. The summed E-state index contributed by atoms with van der Waals surface area (Å²) < 4.78 is 0. The zero-order valence-corrected chi connectivity index (χ0v) is 8.48. The molecule has 0 bridgehead atoms. The molecular formula is C11H15N3. The van der Waals surface area contributed by atoms with Crippen molar-refractivity contribution in [1.82, 2.24) is 9.99 Å². The van der Waals surface area contributed by atoms with Gasteiger partial charge in [-0.2, -0.15) is 5.10 Å². The Morgan fingerprint density at radius 1 is 1.43 bits per heavy atom. The van der Waals surface area contributed by atoms with Crippen molar-refractivity contribution in [3.63, 3.8) is 0 Å². The standard InChI is InChI=1S/C11H15N3/c1-10-6-11(8-12-7-10)9-14-5-3-2-4-13-14/h4,6-8H,2-3,5,9H2,1H3. The van der Waals surface area contributed by atoms with Gasteiger partial charge in [0.1, 0.15) is 0 Å². The molecule has 1 aliphatic heterocycles. The van der Waals surface area contributed by atoms with E-state index in [1.54, 1.807) is 0 Å². The van der Waals surface area contributed by atoms with E-state index in [0.717, 1.165) is 19.5 Å². The Kier molecular flexibility index (Phi) is 2.77. The first-order chi connectivity index (χ1) is 6.84. The van der Waals surface area contributed by atoms with Crippen LogP contribution < -0.4 is 0 Å². The van der Waals surface area contributed by atoms with Gasteiger partial charge in [-0.1, -0.05) is 6.07 Å². The Bertz CT molecular complexity index is 333. The summed E-state index contributed by atoms with van der Waals surface area (Å²) in [6.07, 6.45) is 8.11. The van der Waals surface area contributed by atoms with E-state index < -0.39 is 0 Å². The normalized spacial score (nSPS) is 15.9. The Morgan fingerprint density at radius 2 is 2.36 bits per heavy atom. The molecule has 0 N–H and O–H groups in total. The third kappa shape index (κ3) is 2.31. The average molecular weight is 189 g/mol. The smallest absolute Gasteiger partial charge is 0.0625 e. The van der Waals surface area contributed by atoms with Gasteiger partial charge in [0.2, 0.25) is 0 Å². The van der Waals surface area contributed by atoms with Gasteiger partial charge >= 0.3 is 0 Å². The van der Waals surface area contributed by atoms with Crippen molar-refractivity contribution in [2.75, 3.05) is 6.54 Å². The van der Waals surface area contributed by atoms with Crippen LogP contribution in [0.5, 0.6) is 0 Å². The van der Waals surface area contributed by atoms with Crippen LogP contribution in [0.4, 0.5) is 0 Å². The number of hydrazone groups is 1. The lowest BCUT2D eigenvalue weighted by Gasteiger charge is -2.21. The second-order valence-corrected chi connectivity index (χ2v) is 3.70. The maximum atomic E-state index is 4.33. The van der Waals surface area contributed by atoms with Gasteiger partial charge in [-0.15, -0.1) is 0 Å². The van der Waals surface area contributed by atoms with Crippen molar-refractivity contribution in [1.29, 1.82) is 0 Å². The molecule has 74 valence electrons. The molecule has 3 heteroatoms. The molecule has 0 atom stereocenters. The number of hydrogen-bond donors (Lipinski definition) is 0. The number of nitrogens with zero attached hydrogens (tertiary/aromatic N) is 3. The zero-order valence-electron chi connectivity index (χ0n) is 8.48. The van der Waals surface area contributed by atoms with Crippen LogP contribution in [0, 0.1) is 6.92 Å². The quantitative estimate of drug-likeness (QED) is 0.711. The average Bonchev–Trinajstić information content (AvgIpc) is 2.19. The predicted molar refractivity (Wildman–Crippen MR) is 57.1 cm³/mol. The SMILES string of the molecule is Cc1cncc(CN2CCCC=N2)c1. The third-order valence-corrected chi connectivity index (χ3v) is 2.29. The molecule has 0 spiro atoms. The van der Waals surface area contributed by atoms with E-state index in [2.05, 4.69) is 28.1 Å². The van der Waals surface area contributed by atoms with Crippen molar-refractivity contribution in [3.8, 4) is 0 Å². The fourth-order valence-corrected chi connectivity index (χ4v) is 1.63. The first-order valence-corrected chi connectivity index (χ1v) is 5.02. The van der Waals surface area contributed by atoms with Crippen LogP contribution in [0.25, 0.3) is 0 Å². The van der Waals surface area contributed by atoms with Crippen LogP contribution in [-0.2, 0) is 6.54 Å². The summed E-state index contributed by atoms with van der Waals surface area (Å²) in [7, 11) is 0. The fraction of sp³-hybridized carbons (Fsp3) is 0.455. The van der Waals surface area contributed by atoms with Crippen molar-refractivity contribution < 1.29 is 0 Å². The first kappa shape index (κ1) is 9.19. The molecular weight excluding hydrogens is 174 g/mol. The van der Waals surface area contributed by atoms with Gasteiger partial charge in [0.15, 0.2) is 0 Å². The molecule has 0 amide bonds. The number of hydrogen-bond acceptors (Lipinski definition) is 3. The fourth-order valence-electron chi connectivity index (χ4n) is 1.63. The minimum absolute atomic E-state index is 0.880. The topological polar surface area (TPSA) is 28.5 Å². The summed E-state index contributed by atoms with van der Waals surface area (Å²) in [5.41, 5.74) is 2.45. The van der Waals surface area contributed by atoms with Gasteiger partial charge in [0.05, 0.1) is 6.54 Å². The molecule has 1 aromatic rings. The summed E-state index contributed by atoms with van der Waals surface area (Å²) in [6.45, 7) is 4.01. The van der Waals surface area contributed by atoms with E-state index in [4.69, 9.17) is 0 Å². The Morgan fingerprint density at radius 3 is 3.07 bits per heavy atom. The molecule has 1 aromatic heterocycles. The summed E-state index contributed by atoms with van der Waals surface area (Å²) in [5.74, 6) is 0. The molecule has 0 aromatic carbocycles. The number of aryl methyl sites for hydroxylation is 1. The van der Waals surface area contributed by atoms with E-state index >= 15 is 0 Å². The van der Waals surface area contributed by atoms with Crippen LogP contribution >= 0.6 is 0 Å². The van der Waals surface area contributed by atoms with Crippen LogP contribution in [0.15, 0.2) is 23.6 Å². The highest BCUT2D eigenvalue weighted by molar-refractivity contribution is 5.57. The van der Waals surface area contributed by atoms with Gasteiger partial charge in [-0.3, -0.25) is 9.99 Å². The lowest BCUT2D eigenvalue weighted by Crippen LogP contribution is -2.21. The van der Waals surface area contributed by atoms with E-state index in [-0.39, 0.29) is 0 Å². The highest BCUT2D eigenvalue weighted by atomic mass is 15.4. The Hall–Kier alpha value is -1.38. The van der Waals surface area contributed by atoms with Gasteiger partial charge in [0, 0.05) is 25.2 Å². The van der Waals surface area contributed by atoms with Gasteiger partial charge in [0.25, 0.3) is 0 Å². The molecule has 3 nitrogen and oxygen atoms in total. The van der Waals surface area contributed by atoms with Crippen LogP contribution in [0.3, 0.4) is 0 Å². The molecule has 0 radical (unpaired) electrons. The molecule has 0 fully saturated rings. The lowest BCUT2D eigenvalue weighted by atomic mass is 10.2. The van der Waals surface area contributed by atoms with Crippen molar-refractivity contribution in [2.24, 2.45) is 5.10 Å². The van der Waals surface area contributed by atoms with E-state index in [0.29, 0.717) is 0 Å². The second kappa shape index (κ2) is 4.22. The number of aromatic nitrogens is 1. The Labute approximate surface area is 84.5 Å².